The second-order valence-corrected chi connectivity index (χ2v) is 3.34. The van der Waals surface area contributed by atoms with Crippen LogP contribution in [0.1, 0.15) is 15.9 Å². The Hall–Kier alpha value is -2.56. The molecule has 0 radical (unpaired) electrons. The zero-order valence-electron chi connectivity index (χ0n) is 8.58. The molecule has 1 aromatic rings. The van der Waals surface area contributed by atoms with Crippen molar-refractivity contribution in [3.63, 3.8) is 0 Å². The second kappa shape index (κ2) is 4.13. The van der Waals surface area contributed by atoms with Crippen molar-refractivity contribution in [3.05, 3.63) is 47.2 Å². The van der Waals surface area contributed by atoms with E-state index in [9.17, 15) is 4.79 Å². The summed E-state index contributed by atoms with van der Waals surface area (Å²) in [5, 5.41) is 15.8. The van der Waals surface area contributed by atoms with Gasteiger partial charge in [0.2, 0.25) is 0 Å². The van der Waals surface area contributed by atoms with Crippen LogP contribution < -0.4 is 4.74 Å². The highest BCUT2D eigenvalue weighted by Crippen LogP contribution is 2.46. The molecule has 3 rings (SSSR count). The molecule has 0 atom stereocenters. The van der Waals surface area contributed by atoms with Crippen LogP contribution in [0.25, 0.3) is 5.57 Å². The lowest BCUT2D eigenvalue weighted by Gasteiger charge is -2.12. The number of carbonyl (C=O) groups is 2. The summed E-state index contributed by atoms with van der Waals surface area (Å²) in [6.07, 6.45) is 3.56. The van der Waals surface area contributed by atoms with Crippen LogP contribution in [0.4, 0.5) is 0 Å². The lowest BCUT2D eigenvalue weighted by molar-refractivity contribution is -0.122. The predicted octanol–water partition coefficient (Wildman–Crippen LogP) is 1.76. The van der Waals surface area contributed by atoms with Crippen LogP contribution in [0, 0.1) is 0 Å². The molecule has 2 aliphatic rings. The van der Waals surface area contributed by atoms with Gasteiger partial charge < -0.3 is 14.9 Å². The second-order valence-electron chi connectivity index (χ2n) is 3.34. The minimum absolute atomic E-state index is 0.214. The van der Waals surface area contributed by atoms with Gasteiger partial charge in [0, 0.05) is 11.1 Å². The van der Waals surface area contributed by atoms with E-state index in [0.29, 0.717) is 5.75 Å². The van der Waals surface area contributed by atoms with Crippen LogP contribution in [0.3, 0.4) is 0 Å². The van der Waals surface area contributed by atoms with Crippen LogP contribution in [-0.2, 0) is 4.79 Å². The first-order chi connectivity index (χ1) is 8.19. The molecular weight excluding hydrogens is 224 g/mol. The van der Waals surface area contributed by atoms with E-state index in [0.717, 1.165) is 16.7 Å². The molecule has 86 valence electrons. The third kappa shape index (κ3) is 1.90. The first-order valence-corrected chi connectivity index (χ1v) is 4.72. The monoisotopic (exact) mass is 232 g/mol. The fourth-order valence-corrected chi connectivity index (χ4v) is 1.62. The number of carboxylic acids is 1. The predicted molar refractivity (Wildman–Crippen MR) is 58.8 cm³/mol. The summed E-state index contributed by atoms with van der Waals surface area (Å²) in [6, 6.07) is 5.14. The quantitative estimate of drug-likeness (QED) is 0.721. The number of hydrogen-bond acceptors (Lipinski definition) is 3. The van der Waals surface area contributed by atoms with Gasteiger partial charge in [-0.05, 0) is 17.7 Å². The summed E-state index contributed by atoms with van der Waals surface area (Å²) in [5.41, 5.74) is 3.24. The average Bonchev–Trinajstić information content (AvgIpc) is 3.08. The molecule has 0 saturated carbocycles. The summed E-state index contributed by atoms with van der Waals surface area (Å²) in [6.45, 7) is -0.250. The van der Waals surface area contributed by atoms with Crippen LogP contribution in [0.15, 0.2) is 36.1 Å². The van der Waals surface area contributed by atoms with Gasteiger partial charge in [-0.2, -0.15) is 0 Å². The van der Waals surface area contributed by atoms with Gasteiger partial charge >= 0.3 is 5.97 Å². The number of para-hydroxylation sites is 1. The SMILES string of the molecule is O=C(O)c1cccc2c1OC=C1C=C12.O=CO. The number of carboxylic acid groups (broad SMARTS) is 2. The zero-order chi connectivity index (χ0) is 12.4. The molecule has 17 heavy (non-hydrogen) atoms. The van der Waals surface area contributed by atoms with E-state index in [1.165, 1.54) is 0 Å². The summed E-state index contributed by atoms with van der Waals surface area (Å²) >= 11 is 0. The van der Waals surface area contributed by atoms with Crippen molar-refractivity contribution in [1.29, 1.82) is 0 Å². The van der Waals surface area contributed by atoms with E-state index in [1.54, 1.807) is 18.4 Å². The van der Waals surface area contributed by atoms with Gasteiger partial charge in [-0.3, -0.25) is 4.79 Å². The van der Waals surface area contributed by atoms with Crippen LogP contribution in [0.5, 0.6) is 5.75 Å². The van der Waals surface area contributed by atoms with Crippen molar-refractivity contribution in [1.82, 2.24) is 0 Å². The van der Waals surface area contributed by atoms with E-state index in [4.69, 9.17) is 19.7 Å². The van der Waals surface area contributed by atoms with Gasteiger partial charge in [0.25, 0.3) is 6.47 Å². The third-order valence-electron chi connectivity index (χ3n) is 2.37. The maximum atomic E-state index is 10.9. The maximum absolute atomic E-state index is 10.9. The molecule has 1 aliphatic heterocycles. The van der Waals surface area contributed by atoms with E-state index in [2.05, 4.69) is 0 Å². The van der Waals surface area contributed by atoms with Crippen LogP contribution >= 0.6 is 0 Å². The van der Waals surface area contributed by atoms with Gasteiger partial charge in [0.15, 0.2) is 0 Å². The summed E-state index contributed by atoms with van der Waals surface area (Å²) < 4.78 is 5.27. The largest absolute Gasteiger partial charge is 0.483 e. The van der Waals surface area contributed by atoms with E-state index in [-0.39, 0.29) is 12.0 Å². The van der Waals surface area contributed by atoms with Crippen LogP contribution in [0.2, 0.25) is 0 Å². The maximum Gasteiger partial charge on any atom is 0.339 e. The van der Waals surface area contributed by atoms with Gasteiger partial charge in [0.1, 0.15) is 11.3 Å². The highest BCUT2D eigenvalue weighted by molar-refractivity contribution is 6.03. The molecule has 0 bridgehead atoms. The Balaban J connectivity index is 0.000000329. The standard InChI is InChI=1S/C11H6O3.CH2O2/c12-11(13)8-3-1-2-7-9-4-6(9)5-14-10(7)8;2-1-3/h1-5H,(H,12,13);1H,(H,2,3). The molecular formula is C12H8O5. The highest BCUT2D eigenvalue weighted by Gasteiger charge is 2.29. The van der Waals surface area contributed by atoms with Crippen molar-refractivity contribution in [3.8, 4) is 5.75 Å². The van der Waals surface area contributed by atoms with Gasteiger partial charge in [-0.1, -0.05) is 12.1 Å². The normalized spacial score (nSPS) is 13.6. The Morgan fingerprint density at radius 1 is 1.35 bits per heavy atom. The molecule has 1 heterocycles. The first kappa shape index (κ1) is 10.9. The summed E-state index contributed by atoms with van der Waals surface area (Å²) in [7, 11) is 0. The van der Waals surface area contributed by atoms with Crippen molar-refractivity contribution in [2.45, 2.75) is 0 Å². The Morgan fingerprint density at radius 2 is 2.06 bits per heavy atom. The summed E-state index contributed by atoms with van der Waals surface area (Å²) in [4.78, 5) is 19.2. The zero-order valence-corrected chi connectivity index (χ0v) is 8.58. The van der Waals surface area contributed by atoms with Crippen molar-refractivity contribution < 1.29 is 24.5 Å². The Labute approximate surface area is 96.3 Å². The molecule has 0 spiro atoms. The number of allylic oxidation sites excluding steroid dienone is 3. The van der Waals surface area contributed by atoms with Crippen molar-refractivity contribution in [2.24, 2.45) is 0 Å². The van der Waals surface area contributed by atoms with Crippen molar-refractivity contribution >= 4 is 18.0 Å². The van der Waals surface area contributed by atoms with E-state index >= 15 is 0 Å². The number of fused-ring (bicyclic) bond motifs is 3. The minimum Gasteiger partial charge on any atom is -0.483 e. The van der Waals surface area contributed by atoms with Crippen molar-refractivity contribution in [2.75, 3.05) is 0 Å². The highest BCUT2D eigenvalue weighted by atomic mass is 16.5. The third-order valence-corrected chi connectivity index (χ3v) is 2.37. The Kier molecular flexibility index (Phi) is 2.66. The fourth-order valence-electron chi connectivity index (χ4n) is 1.62. The van der Waals surface area contributed by atoms with E-state index in [1.807, 2.05) is 12.1 Å². The molecule has 2 N–H and O–H groups in total. The number of hydrogen-bond donors (Lipinski definition) is 2. The average molecular weight is 232 g/mol. The molecule has 0 saturated heterocycles. The summed E-state index contributed by atoms with van der Waals surface area (Å²) in [5.74, 6) is -0.507. The number of benzene rings is 1. The molecule has 0 amide bonds. The minimum atomic E-state index is -0.958. The molecule has 0 aromatic heterocycles. The lowest BCUT2D eigenvalue weighted by Crippen LogP contribution is -2.03. The number of aromatic carboxylic acids is 1. The smallest absolute Gasteiger partial charge is 0.339 e. The van der Waals surface area contributed by atoms with E-state index < -0.39 is 5.97 Å². The topological polar surface area (TPSA) is 83.8 Å². The molecule has 1 aliphatic carbocycles. The molecule has 0 unspecified atom stereocenters. The Morgan fingerprint density at radius 3 is 2.71 bits per heavy atom. The van der Waals surface area contributed by atoms with Gasteiger partial charge in [0.05, 0.1) is 6.26 Å². The molecule has 1 aromatic carbocycles. The van der Waals surface area contributed by atoms with Gasteiger partial charge in [-0.15, -0.1) is 0 Å². The Bertz CT molecular complexity index is 554. The number of ether oxygens (including phenoxy) is 1. The molecule has 5 heteroatoms. The van der Waals surface area contributed by atoms with Crippen LogP contribution in [-0.4, -0.2) is 22.7 Å². The fraction of sp³-hybridized carbons (Fsp3) is 0. The molecule has 5 nitrogen and oxygen atoms in total. The number of rotatable bonds is 1. The lowest BCUT2D eigenvalue weighted by atomic mass is 10.0. The molecule has 0 fully saturated rings. The first-order valence-electron chi connectivity index (χ1n) is 4.72. The van der Waals surface area contributed by atoms with Gasteiger partial charge in [-0.25, -0.2) is 4.79 Å².